The summed E-state index contributed by atoms with van der Waals surface area (Å²) in [4.78, 5) is 26.2. The first-order valence-electron chi connectivity index (χ1n) is 6.31. The average molecular weight is 270 g/mol. The molecule has 19 heavy (non-hydrogen) atoms. The third-order valence-corrected chi connectivity index (χ3v) is 3.25. The SMILES string of the molecule is CCN(CCC#N)C(=O)CN1C[C@H](F)C[C@H]1C(N)=O. The van der Waals surface area contributed by atoms with Crippen molar-refractivity contribution in [2.45, 2.75) is 32.0 Å². The molecule has 1 fully saturated rings. The molecular weight excluding hydrogens is 251 g/mol. The van der Waals surface area contributed by atoms with Crippen molar-refractivity contribution in [2.75, 3.05) is 26.2 Å². The zero-order valence-electron chi connectivity index (χ0n) is 11.0. The average Bonchev–Trinajstić information content (AvgIpc) is 2.71. The van der Waals surface area contributed by atoms with Crippen LogP contribution in [0.5, 0.6) is 0 Å². The molecule has 106 valence electrons. The number of nitrogens with two attached hydrogens (primary N) is 1. The van der Waals surface area contributed by atoms with Gasteiger partial charge in [0.1, 0.15) is 6.17 Å². The zero-order chi connectivity index (χ0) is 14.4. The molecule has 1 aliphatic heterocycles. The molecule has 1 aliphatic rings. The first-order chi connectivity index (χ1) is 8.99. The summed E-state index contributed by atoms with van der Waals surface area (Å²) in [6.45, 7) is 2.65. The highest BCUT2D eigenvalue weighted by atomic mass is 19.1. The molecule has 0 saturated carbocycles. The van der Waals surface area contributed by atoms with Gasteiger partial charge in [-0.15, -0.1) is 0 Å². The van der Waals surface area contributed by atoms with Crippen molar-refractivity contribution in [3.8, 4) is 6.07 Å². The number of likely N-dealkylation sites (N-methyl/N-ethyl adjacent to an activating group) is 1. The Morgan fingerprint density at radius 2 is 2.26 bits per heavy atom. The molecule has 6 nitrogen and oxygen atoms in total. The van der Waals surface area contributed by atoms with E-state index in [0.717, 1.165) is 0 Å². The summed E-state index contributed by atoms with van der Waals surface area (Å²) < 4.78 is 13.3. The van der Waals surface area contributed by atoms with Crippen LogP contribution in [-0.2, 0) is 9.59 Å². The lowest BCUT2D eigenvalue weighted by atomic mass is 10.2. The molecule has 0 bridgehead atoms. The number of hydrogen-bond donors (Lipinski definition) is 1. The van der Waals surface area contributed by atoms with Gasteiger partial charge in [-0.1, -0.05) is 0 Å². The van der Waals surface area contributed by atoms with Crippen molar-refractivity contribution >= 4 is 11.8 Å². The number of likely N-dealkylation sites (tertiary alicyclic amines) is 1. The van der Waals surface area contributed by atoms with Crippen LogP contribution in [0.15, 0.2) is 0 Å². The summed E-state index contributed by atoms with van der Waals surface area (Å²) in [7, 11) is 0. The smallest absolute Gasteiger partial charge is 0.236 e. The van der Waals surface area contributed by atoms with E-state index in [2.05, 4.69) is 0 Å². The van der Waals surface area contributed by atoms with E-state index in [0.29, 0.717) is 13.1 Å². The van der Waals surface area contributed by atoms with Crippen LogP contribution in [0.25, 0.3) is 0 Å². The number of carbonyl (C=O) groups excluding carboxylic acids is 2. The van der Waals surface area contributed by atoms with Crippen LogP contribution in [0.2, 0.25) is 0 Å². The van der Waals surface area contributed by atoms with Gasteiger partial charge in [0, 0.05) is 26.1 Å². The van der Waals surface area contributed by atoms with Crippen LogP contribution in [0, 0.1) is 11.3 Å². The van der Waals surface area contributed by atoms with Gasteiger partial charge in [-0.2, -0.15) is 5.26 Å². The number of primary amides is 1. The molecule has 0 aromatic heterocycles. The Morgan fingerprint density at radius 3 is 2.79 bits per heavy atom. The zero-order valence-corrected chi connectivity index (χ0v) is 11.0. The second-order valence-electron chi connectivity index (χ2n) is 4.56. The Morgan fingerprint density at radius 1 is 1.58 bits per heavy atom. The van der Waals surface area contributed by atoms with Gasteiger partial charge in [-0.3, -0.25) is 14.5 Å². The number of amides is 2. The molecule has 0 radical (unpaired) electrons. The third-order valence-electron chi connectivity index (χ3n) is 3.25. The van der Waals surface area contributed by atoms with Crippen molar-refractivity contribution < 1.29 is 14.0 Å². The first kappa shape index (κ1) is 15.4. The minimum Gasteiger partial charge on any atom is -0.368 e. The molecule has 7 heteroatoms. The number of alkyl halides is 1. The number of nitrogens with zero attached hydrogens (tertiary/aromatic N) is 3. The van der Waals surface area contributed by atoms with E-state index in [1.165, 1.54) is 9.80 Å². The highest BCUT2D eigenvalue weighted by Crippen LogP contribution is 2.20. The van der Waals surface area contributed by atoms with Crippen molar-refractivity contribution in [1.29, 1.82) is 5.26 Å². The Balaban J connectivity index is 2.59. The summed E-state index contributed by atoms with van der Waals surface area (Å²) >= 11 is 0. The van der Waals surface area contributed by atoms with E-state index < -0.39 is 18.1 Å². The highest BCUT2D eigenvalue weighted by Gasteiger charge is 2.37. The highest BCUT2D eigenvalue weighted by molar-refractivity contribution is 5.83. The van der Waals surface area contributed by atoms with E-state index in [-0.39, 0.29) is 31.8 Å². The van der Waals surface area contributed by atoms with E-state index in [9.17, 15) is 14.0 Å². The Bertz CT molecular complexity index is 382. The van der Waals surface area contributed by atoms with Gasteiger partial charge in [0.05, 0.1) is 25.1 Å². The lowest BCUT2D eigenvalue weighted by Gasteiger charge is -2.25. The van der Waals surface area contributed by atoms with Gasteiger partial charge in [0.2, 0.25) is 11.8 Å². The molecular formula is C12H19FN4O2. The second-order valence-corrected chi connectivity index (χ2v) is 4.56. The van der Waals surface area contributed by atoms with Gasteiger partial charge in [-0.05, 0) is 6.92 Å². The summed E-state index contributed by atoms with van der Waals surface area (Å²) in [5.41, 5.74) is 5.20. The Kier molecular flexibility index (Phi) is 5.70. The molecule has 1 rings (SSSR count). The molecule has 2 N–H and O–H groups in total. The number of hydrogen-bond acceptors (Lipinski definition) is 4. The maximum absolute atomic E-state index is 13.3. The second kappa shape index (κ2) is 7.04. The van der Waals surface area contributed by atoms with Crippen LogP contribution in [0.3, 0.4) is 0 Å². The minimum atomic E-state index is -1.13. The molecule has 1 heterocycles. The minimum absolute atomic E-state index is 0.0344. The van der Waals surface area contributed by atoms with E-state index in [1.807, 2.05) is 13.0 Å². The van der Waals surface area contributed by atoms with Gasteiger partial charge >= 0.3 is 0 Å². The topological polar surface area (TPSA) is 90.4 Å². The van der Waals surface area contributed by atoms with Crippen LogP contribution >= 0.6 is 0 Å². The van der Waals surface area contributed by atoms with Crippen LogP contribution in [-0.4, -0.2) is 60.0 Å². The Hall–Kier alpha value is -1.68. The van der Waals surface area contributed by atoms with Crippen LogP contribution in [0.4, 0.5) is 4.39 Å². The van der Waals surface area contributed by atoms with Gasteiger partial charge in [0.25, 0.3) is 0 Å². The molecule has 0 aromatic carbocycles. The van der Waals surface area contributed by atoms with E-state index >= 15 is 0 Å². The van der Waals surface area contributed by atoms with E-state index in [1.54, 1.807) is 0 Å². The van der Waals surface area contributed by atoms with Crippen molar-refractivity contribution in [3.63, 3.8) is 0 Å². The number of carbonyl (C=O) groups is 2. The lowest BCUT2D eigenvalue weighted by Crippen LogP contribution is -2.46. The molecule has 2 atom stereocenters. The summed E-state index contributed by atoms with van der Waals surface area (Å²) in [6, 6.07) is 1.26. The van der Waals surface area contributed by atoms with Gasteiger partial charge < -0.3 is 10.6 Å². The lowest BCUT2D eigenvalue weighted by molar-refractivity contribution is -0.133. The molecule has 0 aromatic rings. The quantitative estimate of drug-likeness (QED) is 0.714. The molecule has 0 unspecified atom stereocenters. The largest absolute Gasteiger partial charge is 0.368 e. The predicted octanol–water partition coefficient (Wildman–Crippen LogP) is -0.354. The van der Waals surface area contributed by atoms with Crippen molar-refractivity contribution in [3.05, 3.63) is 0 Å². The molecule has 2 amide bonds. The fraction of sp³-hybridized carbons (Fsp3) is 0.750. The third kappa shape index (κ3) is 4.17. The summed E-state index contributed by atoms with van der Waals surface area (Å²) in [5, 5.41) is 8.52. The summed E-state index contributed by atoms with van der Waals surface area (Å²) in [6.07, 6.45) is -0.822. The van der Waals surface area contributed by atoms with Crippen LogP contribution < -0.4 is 5.73 Å². The number of nitriles is 1. The monoisotopic (exact) mass is 270 g/mol. The normalized spacial score (nSPS) is 23.0. The van der Waals surface area contributed by atoms with E-state index in [4.69, 9.17) is 11.0 Å². The first-order valence-corrected chi connectivity index (χ1v) is 6.31. The molecule has 0 aliphatic carbocycles. The number of rotatable bonds is 6. The standard InChI is InChI=1S/C12H19FN4O2/c1-2-16(5-3-4-14)11(18)8-17-7-9(13)6-10(17)12(15)19/h9-10H,2-3,5-8H2,1H3,(H2,15,19)/t9-,10+/m1/s1. The fourth-order valence-corrected chi connectivity index (χ4v) is 2.24. The summed E-state index contributed by atoms with van der Waals surface area (Å²) in [5.74, 6) is -0.814. The molecule has 0 spiro atoms. The van der Waals surface area contributed by atoms with Crippen LogP contribution in [0.1, 0.15) is 19.8 Å². The predicted molar refractivity (Wildman–Crippen MR) is 66.6 cm³/mol. The van der Waals surface area contributed by atoms with Gasteiger partial charge in [-0.25, -0.2) is 4.39 Å². The van der Waals surface area contributed by atoms with Gasteiger partial charge in [0.15, 0.2) is 0 Å². The Labute approximate surface area is 111 Å². The maximum atomic E-state index is 13.3. The maximum Gasteiger partial charge on any atom is 0.236 e. The number of halogens is 1. The van der Waals surface area contributed by atoms with Crippen molar-refractivity contribution in [1.82, 2.24) is 9.80 Å². The van der Waals surface area contributed by atoms with Crippen molar-refractivity contribution in [2.24, 2.45) is 5.73 Å². The fourth-order valence-electron chi connectivity index (χ4n) is 2.24. The molecule has 1 saturated heterocycles.